The van der Waals surface area contributed by atoms with E-state index in [-0.39, 0.29) is 11.9 Å². The van der Waals surface area contributed by atoms with Crippen LogP contribution in [0.15, 0.2) is 78.9 Å². The highest BCUT2D eigenvalue weighted by Crippen LogP contribution is 2.36. The van der Waals surface area contributed by atoms with E-state index in [4.69, 9.17) is 23.2 Å². The van der Waals surface area contributed by atoms with Gasteiger partial charge < -0.3 is 10.2 Å². The number of hydrogen-bond donors (Lipinski definition) is 1. The standard InChI is InChI=1S/C27H33Cl2N3O.C19H29N3/c28-22-12-11-21(17-23(22)29)18-26(33)32-16-15-31(19-20-7-2-1-3-8-20)25-10-6-9-24(27(25)32)30-13-4-5-14-30;1-2-7-16(8-3-1)15-22-14-11-20-19-17(9-6-10-18(19)22)21-12-4-5-13-21/h1-3,7-8,11-12,17,24-25,27H,4-6,9-10,13-16,18-19H2;1-3,7-8,17-20H,4-6,9-15H2. The summed E-state index contributed by atoms with van der Waals surface area (Å²) in [5.41, 5.74) is 3.76. The maximum Gasteiger partial charge on any atom is 0.227 e. The molecule has 0 bridgehead atoms. The highest BCUT2D eigenvalue weighted by molar-refractivity contribution is 6.42. The first-order valence-corrected chi connectivity index (χ1v) is 22.3. The Hall–Kier alpha value is -2.49. The van der Waals surface area contributed by atoms with Crippen molar-refractivity contribution in [2.24, 2.45) is 0 Å². The van der Waals surface area contributed by atoms with Gasteiger partial charge in [-0.15, -0.1) is 0 Å². The molecule has 0 spiro atoms. The number of nitrogens with zero attached hydrogens (tertiary/aromatic N) is 5. The molecule has 1 N–H and O–H groups in total. The third-order valence-corrected chi connectivity index (χ3v) is 14.4. The molecule has 55 heavy (non-hydrogen) atoms. The number of amides is 1. The number of rotatable bonds is 8. The smallest absolute Gasteiger partial charge is 0.227 e. The lowest BCUT2D eigenvalue weighted by molar-refractivity contribution is -0.143. The van der Waals surface area contributed by atoms with Crippen LogP contribution in [0.2, 0.25) is 10.0 Å². The van der Waals surface area contributed by atoms with Crippen LogP contribution in [0.25, 0.3) is 0 Å². The topological polar surface area (TPSA) is 45.3 Å². The molecule has 3 aromatic carbocycles. The van der Waals surface area contributed by atoms with Gasteiger partial charge >= 0.3 is 0 Å². The Kier molecular flexibility index (Phi) is 13.5. The number of nitrogens with one attached hydrogen (secondary N) is 1. The molecule has 6 fully saturated rings. The summed E-state index contributed by atoms with van der Waals surface area (Å²) in [6.45, 7) is 11.1. The summed E-state index contributed by atoms with van der Waals surface area (Å²) in [6.07, 6.45) is 13.5. The van der Waals surface area contributed by atoms with Crippen molar-refractivity contribution in [2.75, 3.05) is 52.4 Å². The molecule has 296 valence electrons. The molecule has 0 aromatic heterocycles. The van der Waals surface area contributed by atoms with Gasteiger partial charge in [-0.3, -0.25) is 24.4 Å². The Balaban J connectivity index is 0.000000168. The molecule has 9 rings (SSSR count). The maximum atomic E-state index is 13.7. The van der Waals surface area contributed by atoms with E-state index in [1.165, 1.54) is 108 Å². The van der Waals surface area contributed by atoms with Crippen LogP contribution in [0.5, 0.6) is 0 Å². The first-order valence-electron chi connectivity index (χ1n) is 21.5. The molecule has 4 saturated heterocycles. The predicted molar refractivity (Wildman–Crippen MR) is 226 cm³/mol. The number of carbonyl (C=O) groups excluding carboxylic acids is 1. The Morgan fingerprint density at radius 1 is 0.564 bits per heavy atom. The van der Waals surface area contributed by atoms with Crippen molar-refractivity contribution < 1.29 is 4.79 Å². The Labute approximate surface area is 340 Å². The van der Waals surface area contributed by atoms with Crippen LogP contribution >= 0.6 is 23.2 Å². The van der Waals surface area contributed by atoms with Gasteiger partial charge in [0.25, 0.3) is 0 Å². The molecule has 1 amide bonds. The second-order valence-electron chi connectivity index (χ2n) is 17.0. The van der Waals surface area contributed by atoms with E-state index in [9.17, 15) is 4.79 Å². The van der Waals surface area contributed by atoms with Crippen molar-refractivity contribution in [3.8, 4) is 0 Å². The molecule has 0 radical (unpaired) electrons. The van der Waals surface area contributed by atoms with Crippen LogP contribution in [-0.2, 0) is 24.3 Å². The fraction of sp³-hybridized carbons (Fsp3) is 0.587. The zero-order chi connectivity index (χ0) is 37.6. The summed E-state index contributed by atoms with van der Waals surface area (Å²) in [5, 5.41) is 4.93. The normalized spacial score (nSPS) is 29.3. The first-order chi connectivity index (χ1) is 27.0. The summed E-state index contributed by atoms with van der Waals surface area (Å²) in [7, 11) is 0. The van der Waals surface area contributed by atoms with Gasteiger partial charge in [0.05, 0.1) is 22.5 Å². The second kappa shape index (κ2) is 18.8. The predicted octanol–water partition coefficient (Wildman–Crippen LogP) is 7.74. The molecule has 7 nitrogen and oxygen atoms in total. The SMILES string of the molecule is O=C(Cc1ccc(Cl)c(Cl)c1)N1CCN(Cc2ccccc2)C2CCCC(N3CCCC3)C21.c1ccc(CN2CCNC3C(N4CCCC4)CCCC32)cc1. The van der Waals surface area contributed by atoms with Gasteiger partial charge in [0.2, 0.25) is 5.91 Å². The fourth-order valence-corrected chi connectivity index (χ4v) is 11.4. The van der Waals surface area contributed by atoms with Crippen LogP contribution in [0, 0.1) is 0 Å². The van der Waals surface area contributed by atoms with Crippen molar-refractivity contribution in [1.29, 1.82) is 0 Å². The third-order valence-electron chi connectivity index (χ3n) is 13.7. The summed E-state index contributed by atoms with van der Waals surface area (Å²) in [4.78, 5) is 26.7. The molecule has 6 unspecified atom stereocenters. The van der Waals surface area contributed by atoms with Gasteiger partial charge in [-0.1, -0.05) is 103 Å². The number of fused-ring (bicyclic) bond motifs is 2. The molecule has 4 aliphatic heterocycles. The van der Waals surface area contributed by atoms with Gasteiger partial charge in [0.15, 0.2) is 0 Å². The fourth-order valence-electron chi connectivity index (χ4n) is 11.1. The second-order valence-corrected chi connectivity index (χ2v) is 17.8. The number of likely N-dealkylation sites (tertiary alicyclic amines) is 2. The van der Waals surface area contributed by atoms with Crippen LogP contribution in [0.1, 0.15) is 80.9 Å². The molecular weight excluding hydrogens is 723 g/mol. The van der Waals surface area contributed by atoms with Gasteiger partial charge in [-0.05, 0) is 106 Å². The van der Waals surface area contributed by atoms with Crippen LogP contribution in [0.4, 0.5) is 0 Å². The number of hydrogen-bond acceptors (Lipinski definition) is 6. The van der Waals surface area contributed by atoms with Gasteiger partial charge in [-0.25, -0.2) is 0 Å². The average molecular weight is 786 g/mol. The minimum absolute atomic E-state index is 0.217. The number of carbonyl (C=O) groups is 1. The molecular formula is C46H62Cl2N6O. The van der Waals surface area contributed by atoms with E-state index >= 15 is 0 Å². The highest BCUT2D eigenvalue weighted by Gasteiger charge is 2.47. The van der Waals surface area contributed by atoms with Gasteiger partial charge in [-0.2, -0.15) is 0 Å². The zero-order valence-electron chi connectivity index (χ0n) is 32.7. The van der Waals surface area contributed by atoms with Crippen molar-refractivity contribution in [3.05, 3.63) is 106 Å². The molecule has 2 saturated carbocycles. The quantitative estimate of drug-likeness (QED) is 0.252. The van der Waals surface area contributed by atoms with E-state index < -0.39 is 0 Å². The minimum atomic E-state index is 0.217. The summed E-state index contributed by atoms with van der Waals surface area (Å²) >= 11 is 12.3. The molecule has 9 heteroatoms. The number of piperazine rings is 2. The lowest BCUT2D eigenvalue weighted by Gasteiger charge is -2.55. The van der Waals surface area contributed by atoms with Crippen LogP contribution in [-0.4, -0.2) is 119 Å². The Bertz CT molecular complexity index is 1670. The number of halogens is 2. The maximum absolute atomic E-state index is 13.7. The van der Waals surface area contributed by atoms with E-state index in [0.29, 0.717) is 34.6 Å². The van der Waals surface area contributed by atoms with Crippen molar-refractivity contribution in [2.45, 2.75) is 120 Å². The first kappa shape index (κ1) is 39.3. The van der Waals surface area contributed by atoms with Crippen LogP contribution in [0.3, 0.4) is 0 Å². The van der Waals surface area contributed by atoms with Crippen molar-refractivity contribution >= 4 is 29.1 Å². The Morgan fingerprint density at radius 3 is 1.76 bits per heavy atom. The average Bonchev–Trinajstić information content (AvgIpc) is 3.97. The highest BCUT2D eigenvalue weighted by atomic mass is 35.5. The van der Waals surface area contributed by atoms with E-state index in [2.05, 4.69) is 90.5 Å². The lowest BCUT2D eigenvalue weighted by Crippen LogP contribution is -2.68. The zero-order valence-corrected chi connectivity index (χ0v) is 34.2. The largest absolute Gasteiger partial charge is 0.335 e. The summed E-state index contributed by atoms with van der Waals surface area (Å²) in [6, 6.07) is 30.6. The molecule has 6 aliphatic rings. The summed E-state index contributed by atoms with van der Waals surface area (Å²) in [5.74, 6) is 0.217. The number of benzene rings is 3. The molecule has 3 aromatic rings. The van der Waals surface area contributed by atoms with Crippen molar-refractivity contribution in [1.82, 2.24) is 29.8 Å². The minimum Gasteiger partial charge on any atom is -0.335 e. The van der Waals surface area contributed by atoms with E-state index in [0.717, 1.165) is 50.4 Å². The lowest BCUT2D eigenvalue weighted by atomic mass is 9.81. The molecule has 2 aliphatic carbocycles. The Morgan fingerprint density at radius 2 is 1.13 bits per heavy atom. The van der Waals surface area contributed by atoms with Gasteiger partial charge in [0.1, 0.15) is 0 Å². The molecule has 6 atom stereocenters. The van der Waals surface area contributed by atoms with Gasteiger partial charge in [0, 0.05) is 69.5 Å². The third kappa shape index (κ3) is 9.46. The summed E-state index contributed by atoms with van der Waals surface area (Å²) < 4.78 is 0. The van der Waals surface area contributed by atoms with E-state index in [1.807, 2.05) is 12.1 Å². The monoisotopic (exact) mass is 784 g/mol. The van der Waals surface area contributed by atoms with Crippen molar-refractivity contribution in [3.63, 3.8) is 0 Å². The van der Waals surface area contributed by atoms with Crippen LogP contribution < -0.4 is 5.32 Å². The molecule has 4 heterocycles. The van der Waals surface area contributed by atoms with E-state index in [1.54, 1.807) is 6.07 Å².